The Kier molecular flexibility index (Phi) is 6.18. The van der Waals surface area contributed by atoms with Gasteiger partial charge in [-0.1, -0.05) is 30.3 Å². The molecule has 29 heavy (non-hydrogen) atoms. The van der Waals surface area contributed by atoms with E-state index in [0.717, 1.165) is 24.1 Å². The number of nitrogens with zero attached hydrogens (tertiary/aromatic N) is 1. The Morgan fingerprint density at radius 3 is 2.66 bits per heavy atom. The number of hydrogen-bond donors (Lipinski definition) is 3. The fourth-order valence-corrected chi connectivity index (χ4v) is 5.69. The zero-order chi connectivity index (χ0) is 20.5. The second-order valence-corrected chi connectivity index (χ2v) is 9.53. The van der Waals surface area contributed by atoms with Crippen molar-refractivity contribution in [1.29, 1.82) is 0 Å². The van der Waals surface area contributed by atoms with E-state index in [1.807, 2.05) is 30.8 Å². The highest BCUT2D eigenvalue weighted by Crippen LogP contribution is 2.40. The summed E-state index contributed by atoms with van der Waals surface area (Å²) in [5.41, 5.74) is 4.69. The van der Waals surface area contributed by atoms with Gasteiger partial charge in [0.1, 0.15) is 12.2 Å². The van der Waals surface area contributed by atoms with E-state index in [0.29, 0.717) is 11.7 Å². The fraction of sp³-hybridized carbons (Fsp3) is 0.478. The molecule has 4 rings (SSSR count). The molecular weight excluding hydrogens is 386 g/mol. The molecule has 0 amide bonds. The van der Waals surface area contributed by atoms with Crippen LogP contribution in [0.1, 0.15) is 29.2 Å². The lowest BCUT2D eigenvalue weighted by Crippen LogP contribution is -2.47. The molecule has 2 aromatic rings. The van der Waals surface area contributed by atoms with E-state index in [1.54, 1.807) is 0 Å². The lowest BCUT2D eigenvalue weighted by molar-refractivity contribution is -0.181. The summed E-state index contributed by atoms with van der Waals surface area (Å²) >= 11 is 1.94. The number of benzene rings is 2. The smallest absolute Gasteiger partial charge is 0.110 e. The molecular formula is C23H29NO4S. The van der Waals surface area contributed by atoms with Gasteiger partial charge in [0, 0.05) is 41.9 Å². The van der Waals surface area contributed by atoms with Crippen LogP contribution in [0.4, 0.5) is 5.69 Å². The molecule has 3 N–H and O–H groups in total. The minimum atomic E-state index is -1.06. The Morgan fingerprint density at radius 2 is 1.93 bits per heavy atom. The van der Waals surface area contributed by atoms with Crippen LogP contribution >= 0.6 is 11.8 Å². The lowest BCUT2D eigenvalue weighted by atomic mass is 9.91. The first-order chi connectivity index (χ1) is 14.0. The van der Waals surface area contributed by atoms with Gasteiger partial charge < -0.3 is 25.0 Å². The number of rotatable bonds is 5. The van der Waals surface area contributed by atoms with E-state index < -0.39 is 18.3 Å². The maximum Gasteiger partial charge on any atom is 0.110 e. The van der Waals surface area contributed by atoms with Crippen LogP contribution in [0.2, 0.25) is 0 Å². The van der Waals surface area contributed by atoms with Crippen molar-refractivity contribution in [2.45, 2.75) is 53.8 Å². The summed E-state index contributed by atoms with van der Waals surface area (Å²) in [7, 11) is 3.97. The molecule has 5 atom stereocenters. The summed E-state index contributed by atoms with van der Waals surface area (Å²) in [6, 6.07) is 15.0. The van der Waals surface area contributed by atoms with Crippen LogP contribution in [-0.2, 0) is 17.6 Å². The number of anilines is 1. The highest BCUT2D eigenvalue weighted by Gasteiger charge is 2.38. The van der Waals surface area contributed by atoms with Crippen molar-refractivity contribution in [3.05, 3.63) is 59.2 Å². The van der Waals surface area contributed by atoms with Crippen molar-refractivity contribution in [3.8, 4) is 0 Å². The van der Waals surface area contributed by atoms with Crippen LogP contribution < -0.4 is 4.90 Å². The summed E-state index contributed by atoms with van der Waals surface area (Å²) in [6.07, 6.45) is -0.769. The Morgan fingerprint density at radius 1 is 1.14 bits per heavy atom. The molecule has 0 saturated carbocycles. The van der Waals surface area contributed by atoms with E-state index in [9.17, 15) is 15.3 Å². The maximum absolute atomic E-state index is 10.3. The molecule has 0 aromatic heterocycles. The molecule has 2 aromatic carbocycles. The maximum atomic E-state index is 10.3. The molecule has 0 aliphatic carbocycles. The minimum Gasteiger partial charge on any atom is -0.394 e. The Labute approximate surface area is 176 Å². The number of ether oxygens (including phenoxy) is 1. The van der Waals surface area contributed by atoms with Crippen LogP contribution in [-0.4, -0.2) is 59.6 Å². The van der Waals surface area contributed by atoms with Gasteiger partial charge in [0.2, 0.25) is 0 Å². The van der Waals surface area contributed by atoms with Crippen LogP contribution in [0.3, 0.4) is 0 Å². The van der Waals surface area contributed by atoms with Crippen molar-refractivity contribution in [1.82, 2.24) is 0 Å². The molecule has 2 heterocycles. The highest BCUT2D eigenvalue weighted by molar-refractivity contribution is 8.00. The van der Waals surface area contributed by atoms with E-state index in [-0.39, 0.29) is 12.7 Å². The van der Waals surface area contributed by atoms with Crippen molar-refractivity contribution in [3.63, 3.8) is 0 Å². The third-order valence-electron chi connectivity index (χ3n) is 5.85. The van der Waals surface area contributed by atoms with E-state index >= 15 is 0 Å². The van der Waals surface area contributed by atoms with Gasteiger partial charge >= 0.3 is 0 Å². The van der Waals surface area contributed by atoms with Crippen molar-refractivity contribution < 1.29 is 20.1 Å². The number of aliphatic hydroxyl groups excluding tert-OH is 3. The van der Waals surface area contributed by atoms with Gasteiger partial charge in [0.05, 0.1) is 18.8 Å². The van der Waals surface area contributed by atoms with Crippen LogP contribution in [0.25, 0.3) is 0 Å². The zero-order valence-corrected chi connectivity index (χ0v) is 17.7. The van der Waals surface area contributed by atoms with E-state index in [2.05, 4.69) is 42.5 Å². The van der Waals surface area contributed by atoms with Gasteiger partial charge in [0.15, 0.2) is 0 Å². The Hall–Kier alpha value is -1.57. The summed E-state index contributed by atoms with van der Waals surface area (Å²) in [6.45, 7) is -0.317. The molecule has 4 unspecified atom stereocenters. The van der Waals surface area contributed by atoms with Crippen molar-refractivity contribution in [2.75, 3.05) is 25.6 Å². The third-order valence-corrected chi connectivity index (χ3v) is 7.17. The van der Waals surface area contributed by atoms with E-state index in [4.69, 9.17) is 4.74 Å². The molecule has 156 valence electrons. The number of aliphatic hydroxyl groups is 3. The molecule has 0 radical (unpaired) electrons. The van der Waals surface area contributed by atoms with Crippen LogP contribution in [0, 0.1) is 0 Å². The van der Waals surface area contributed by atoms with E-state index in [1.165, 1.54) is 16.0 Å². The predicted molar refractivity (Wildman–Crippen MR) is 116 cm³/mol. The lowest BCUT2D eigenvalue weighted by Gasteiger charge is -2.38. The second kappa shape index (κ2) is 8.66. The fourth-order valence-electron chi connectivity index (χ4n) is 4.33. The topological polar surface area (TPSA) is 73.2 Å². The van der Waals surface area contributed by atoms with Gasteiger partial charge in [0.25, 0.3) is 0 Å². The number of fused-ring (bicyclic) bond motifs is 1. The summed E-state index contributed by atoms with van der Waals surface area (Å²) in [4.78, 5) is 3.41. The molecule has 1 fully saturated rings. The van der Waals surface area contributed by atoms with Gasteiger partial charge in [-0.25, -0.2) is 0 Å². The van der Waals surface area contributed by atoms with Gasteiger partial charge in [-0.2, -0.15) is 0 Å². The normalized spacial score (nSPS) is 28.9. The first-order valence-corrected chi connectivity index (χ1v) is 11.0. The molecule has 1 saturated heterocycles. The first kappa shape index (κ1) is 20.7. The molecule has 6 heteroatoms. The monoisotopic (exact) mass is 415 g/mol. The van der Waals surface area contributed by atoms with Crippen LogP contribution in [0.15, 0.2) is 47.4 Å². The van der Waals surface area contributed by atoms with Gasteiger partial charge in [-0.05, 0) is 36.1 Å². The summed E-state index contributed by atoms with van der Waals surface area (Å²) in [5.74, 6) is 0. The molecule has 2 aliphatic rings. The molecule has 2 aliphatic heterocycles. The van der Waals surface area contributed by atoms with Gasteiger partial charge in [-0.15, -0.1) is 11.8 Å². The number of thioether (sulfide) groups is 1. The predicted octanol–water partition coefficient (Wildman–Crippen LogP) is 2.56. The molecule has 0 bridgehead atoms. The van der Waals surface area contributed by atoms with Crippen LogP contribution in [0.5, 0.6) is 0 Å². The summed E-state index contributed by atoms with van der Waals surface area (Å²) < 4.78 is 5.98. The second-order valence-electron chi connectivity index (χ2n) is 8.18. The zero-order valence-electron chi connectivity index (χ0n) is 16.9. The molecule has 5 nitrogen and oxygen atoms in total. The molecule has 0 spiro atoms. The standard InChI is InChI=1S/C23H29NO4S/c1-24(2)18-8-7-14(9-16-11-15-5-3-4-6-22(15)29-16)10-17(18)20-12-19(26)23(27)21(13-25)28-20/h3-8,10,16,19-21,23,25-27H,9,11-13H2,1-2H3/t16?,19?,20?,21?,23-/m0/s1. The Bertz CT molecular complexity index is 834. The van der Waals surface area contributed by atoms with Crippen molar-refractivity contribution >= 4 is 17.4 Å². The van der Waals surface area contributed by atoms with Crippen molar-refractivity contribution in [2.24, 2.45) is 0 Å². The Balaban J connectivity index is 1.57. The van der Waals surface area contributed by atoms with Gasteiger partial charge in [-0.3, -0.25) is 0 Å². The largest absolute Gasteiger partial charge is 0.394 e. The minimum absolute atomic E-state index is 0.311. The quantitative estimate of drug-likeness (QED) is 0.697. The first-order valence-electron chi connectivity index (χ1n) is 10.1. The number of hydrogen-bond acceptors (Lipinski definition) is 6. The average Bonchev–Trinajstić information content (AvgIpc) is 3.12. The SMILES string of the molecule is CN(C)c1ccc(CC2Cc3ccccc3S2)cc1C1CC(O)[C@H](O)C(CO)O1. The highest BCUT2D eigenvalue weighted by atomic mass is 32.2. The third kappa shape index (κ3) is 4.32. The summed E-state index contributed by atoms with van der Waals surface area (Å²) in [5, 5.41) is 30.4. The average molecular weight is 416 g/mol.